The molecule has 23 heavy (non-hydrogen) atoms. The average Bonchev–Trinajstić information content (AvgIpc) is 2.57. The fourth-order valence-corrected chi connectivity index (χ4v) is 2.45. The third-order valence-electron chi connectivity index (χ3n) is 3.77. The van der Waals surface area contributed by atoms with E-state index in [0.717, 1.165) is 24.2 Å². The van der Waals surface area contributed by atoms with Crippen LogP contribution >= 0.6 is 0 Å². The van der Waals surface area contributed by atoms with E-state index in [9.17, 15) is 4.79 Å². The van der Waals surface area contributed by atoms with Crippen molar-refractivity contribution in [2.45, 2.75) is 65.3 Å². The van der Waals surface area contributed by atoms with Crippen molar-refractivity contribution in [3.63, 3.8) is 0 Å². The molecule has 1 aromatic rings. The van der Waals surface area contributed by atoms with E-state index in [1.807, 2.05) is 25.1 Å². The van der Waals surface area contributed by atoms with Crippen LogP contribution in [0.15, 0.2) is 18.2 Å². The van der Waals surface area contributed by atoms with Crippen LogP contribution in [-0.4, -0.2) is 19.6 Å². The zero-order valence-corrected chi connectivity index (χ0v) is 14.8. The summed E-state index contributed by atoms with van der Waals surface area (Å²) in [5.74, 6) is 1.56. The summed E-state index contributed by atoms with van der Waals surface area (Å²) in [6.07, 6.45) is 7.80. The van der Waals surface area contributed by atoms with Crippen molar-refractivity contribution < 1.29 is 14.3 Å². The van der Waals surface area contributed by atoms with E-state index in [0.29, 0.717) is 25.3 Å². The SMILES string of the molecule is CCCCCCCCC(=O)NCc1ccc(OCC)c(OC)c1. The third kappa shape index (κ3) is 7.91. The molecule has 4 heteroatoms. The van der Waals surface area contributed by atoms with Gasteiger partial charge in [-0.25, -0.2) is 0 Å². The minimum absolute atomic E-state index is 0.119. The van der Waals surface area contributed by atoms with Gasteiger partial charge in [-0.3, -0.25) is 4.79 Å². The lowest BCUT2D eigenvalue weighted by Crippen LogP contribution is -2.22. The van der Waals surface area contributed by atoms with Gasteiger partial charge in [0.1, 0.15) is 0 Å². The fourth-order valence-electron chi connectivity index (χ4n) is 2.45. The number of hydrogen-bond donors (Lipinski definition) is 1. The molecule has 0 saturated heterocycles. The molecule has 0 bridgehead atoms. The summed E-state index contributed by atoms with van der Waals surface area (Å²) in [5.41, 5.74) is 1.02. The Morgan fingerprint density at radius 2 is 1.78 bits per heavy atom. The molecule has 1 N–H and O–H groups in total. The molecule has 1 aromatic carbocycles. The lowest BCUT2D eigenvalue weighted by Gasteiger charge is -2.11. The molecular formula is C19H31NO3. The Labute approximate surface area is 140 Å². The minimum atomic E-state index is 0.119. The van der Waals surface area contributed by atoms with Crippen LogP contribution in [0.4, 0.5) is 0 Å². The molecule has 1 amide bonds. The van der Waals surface area contributed by atoms with Gasteiger partial charge in [0.15, 0.2) is 11.5 Å². The number of benzene rings is 1. The molecule has 0 heterocycles. The van der Waals surface area contributed by atoms with Crippen LogP contribution in [0.1, 0.15) is 64.4 Å². The van der Waals surface area contributed by atoms with Crippen molar-refractivity contribution in [1.29, 1.82) is 0 Å². The second-order valence-corrected chi connectivity index (χ2v) is 5.71. The highest BCUT2D eigenvalue weighted by Gasteiger charge is 2.06. The number of ether oxygens (including phenoxy) is 2. The molecule has 0 aliphatic rings. The van der Waals surface area contributed by atoms with E-state index in [1.165, 1.54) is 25.7 Å². The third-order valence-corrected chi connectivity index (χ3v) is 3.77. The molecule has 0 atom stereocenters. The van der Waals surface area contributed by atoms with Gasteiger partial charge >= 0.3 is 0 Å². The highest BCUT2D eigenvalue weighted by Crippen LogP contribution is 2.27. The highest BCUT2D eigenvalue weighted by atomic mass is 16.5. The molecule has 0 fully saturated rings. The van der Waals surface area contributed by atoms with Gasteiger partial charge in [0.05, 0.1) is 13.7 Å². The molecular weight excluding hydrogens is 290 g/mol. The van der Waals surface area contributed by atoms with Gasteiger partial charge in [-0.15, -0.1) is 0 Å². The first-order valence-corrected chi connectivity index (χ1v) is 8.77. The monoisotopic (exact) mass is 321 g/mol. The molecule has 1 rings (SSSR count). The van der Waals surface area contributed by atoms with E-state index in [2.05, 4.69) is 12.2 Å². The average molecular weight is 321 g/mol. The first-order chi connectivity index (χ1) is 11.2. The van der Waals surface area contributed by atoms with Gasteiger partial charge in [0, 0.05) is 13.0 Å². The quantitative estimate of drug-likeness (QED) is 0.578. The van der Waals surface area contributed by atoms with Crippen LogP contribution in [-0.2, 0) is 11.3 Å². The Bertz CT molecular complexity index is 460. The molecule has 0 unspecified atom stereocenters. The van der Waals surface area contributed by atoms with E-state index >= 15 is 0 Å². The van der Waals surface area contributed by atoms with Crippen LogP contribution in [0, 0.1) is 0 Å². The molecule has 130 valence electrons. The van der Waals surface area contributed by atoms with Crippen molar-refractivity contribution in [2.75, 3.05) is 13.7 Å². The molecule has 0 radical (unpaired) electrons. The van der Waals surface area contributed by atoms with Crippen molar-refractivity contribution in [2.24, 2.45) is 0 Å². The molecule has 0 aromatic heterocycles. The summed E-state index contributed by atoms with van der Waals surface area (Å²) in [4.78, 5) is 11.9. The molecule has 0 aliphatic carbocycles. The lowest BCUT2D eigenvalue weighted by molar-refractivity contribution is -0.121. The number of rotatable bonds is 12. The molecule has 0 aliphatic heterocycles. The van der Waals surface area contributed by atoms with Crippen molar-refractivity contribution in [3.05, 3.63) is 23.8 Å². The fraction of sp³-hybridized carbons (Fsp3) is 0.632. The summed E-state index contributed by atoms with van der Waals surface area (Å²) in [7, 11) is 1.62. The topological polar surface area (TPSA) is 47.6 Å². The molecule has 4 nitrogen and oxygen atoms in total. The molecule has 0 spiro atoms. The highest BCUT2D eigenvalue weighted by molar-refractivity contribution is 5.75. The first-order valence-electron chi connectivity index (χ1n) is 8.77. The van der Waals surface area contributed by atoms with Gasteiger partial charge in [-0.1, -0.05) is 45.1 Å². The minimum Gasteiger partial charge on any atom is -0.493 e. The van der Waals surface area contributed by atoms with Crippen LogP contribution in [0.25, 0.3) is 0 Å². The second kappa shape index (κ2) is 11.8. The normalized spacial score (nSPS) is 10.4. The summed E-state index contributed by atoms with van der Waals surface area (Å²) in [5, 5.41) is 2.97. The summed E-state index contributed by atoms with van der Waals surface area (Å²) < 4.78 is 10.8. The van der Waals surface area contributed by atoms with E-state index < -0.39 is 0 Å². The van der Waals surface area contributed by atoms with Crippen molar-refractivity contribution in [1.82, 2.24) is 5.32 Å². The molecule has 0 saturated carbocycles. The van der Waals surface area contributed by atoms with Crippen molar-refractivity contribution >= 4 is 5.91 Å². The van der Waals surface area contributed by atoms with Crippen LogP contribution in [0.3, 0.4) is 0 Å². The van der Waals surface area contributed by atoms with Gasteiger partial charge in [-0.2, -0.15) is 0 Å². The number of carbonyl (C=O) groups is 1. The van der Waals surface area contributed by atoms with E-state index in [1.54, 1.807) is 7.11 Å². The van der Waals surface area contributed by atoms with Crippen LogP contribution < -0.4 is 14.8 Å². The van der Waals surface area contributed by atoms with Gasteiger partial charge in [-0.05, 0) is 31.0 Å². The Kier molecular flexibility index (Phi) is 9.92. The number of methoxy groups -OCH3 is 1. The predicted molar refractivity (Wildman–Crippen MR) is 94.0 cm³/mol. The maximum Gasteiger partial charge on any atom is 0.220 e. The summed E-state index contributed by atoms with van der Waals surface area (Å²) in [6.45, 7) is 5.28. The maximum absolute atomic E-state index is 11.9. The van der Waals surface area contributed by atoms with Gasteiger partial charge in [0.25, 0.3) is 0 Å². The standard InChI is InChI=1S/C19H31NO3/c1-4-6-7-8-9-10-11-19(21)20-15-16-12-13-17(23-5-2)18(14-16)22-3/h12-14H,4-11,15H2,1-3H3,(H,20,21). The van der Waals surface area contributed by atoms with Crippen molar-refractivity contribution in [3.8, 4) is 11.5 Å². The Hall–Kier alpha value is -1.71. The summed E-state index contributed by atoms with van der Waals surface area (Å²) in [6, 6.07) is 5.76. The van der Waals surface area contributed by atoms with E-state index in [4.69, 9.17) is 9.47 Å². The zero-order chi connectivity index (χ0) is 16.9. The Balaban J connectivity index is 2.30. The first kappa shape index (κ1) is 19.3. The van der Waals surface area contributed by atoms with Gasteiger partial charge in [0.2, 0.25) is 5.91 Å². The Morgan fingerprint density at radius 3 is 2.48 bits per heavy atom. The Morgan fingerprint density at radius 1 is 1.04 bits per heavy atom. The number of hydrogen-bond acceptors (Lipinski definition) is 3. The van der Waals surface area contributed by atoms with Gasteiger partial charge < -0.3 is 14.8 Å². The number of amides is 1. The smallest absolute Gasteiger partial charge is 0.220 e. The zero-order valence-electron chi connectivity index (χ0n) is 14.8. The second-order valence-electron chi connectivity index (χ2n) is 5.71. The predicted octanol–water partition coefficient (Wildman–Crippen LogP) is 4.46. The largest absolute Gasteiger partial charge is 0.493 e. The van der Waals surface area contributed by atoms with Crippen LogP contribution in [0.5, 0.6) is 11.5 Å². The van der Waals surface area contributed by atoms with Crippen LogP contribution in [0.2, 0.25) is 0 Å². The van der Waals surface area contributed by atoms with E-state index in [-0.39, 0.29) is 5.91 Å². The maximum atomic E-state index is 11.9. The number of unbranched alkanes of at least 4 members (excludes halogenated alkanes) is 5. The summed E-state index contributed by atoms with van der Waals surface area (Å²) >= 11 is 0. The number of nitrogens with one attached hydrogen (secondary N) is 1. The number of carbonyl (C=O) groups excluding carboxylic acids is 1. The lowest BCUT2D eigenvalue weighted by atomic mass is 10.1.